The van der Waals surface area contributed by atoms with Gasteiger partial charge in [-0.15, -0.1) is 0 Å². The first-order valence-corrected chi connectivity index (χ1v) is 9.77. The zero-order valence-electron chi connectivity index (χ0n) is 17.0. The van der Waals surface area contributed by atoms with Gasteiger partial charge in [0.05, 0.1) is 6.04 Å². The van der Waals surface area contributed by atoms with Crippen molar-refractivity contribution in [2.45, 2.75) is 50.8 Å². The standard InChI is InChI=1S/C20H28N4O7/c21-11-5-4-8-14(17(27)18(22)28)23-19(29)15(9-10-16(25)26)24-20(30)31-12-13-6-2-1-3-7-13/h1-3,6-7,14-15H,4-5,8-12,21H2,(H2,22,28)(H,23,29)(H,24,30)(H,25,26)/t14-,15-/m0/s1. The lowest BCUT2D eigenvalue weighted by Crippen LogP contribution is -2.53. The Labute approximate surface area is 179 Å². The number of carbonyl (C=O) groups is 5. The Morgan fingerprint density at radius 2 is 1.65 bits per heavy atom. The molecule has 0 aliphatic heterocycles. The van der Waals surface area contributed by atoms with Crippen LogP contribution in [0, 0.1) is 0 Å². The average Bonchev–Trinajstić information content (AvgIpc) is 2.74. The molecule has 0 saturated carbocycles. The number of hydrogen-bond donors (Lipinski definition) is 5. The topological polar surface area (TPSA) is 191 Å². The van der Waals surface area contributed by atoms with Gasteiger partial charge in [0.15, 0.2) is 0 Å². The Bertz CT molecular complexity index is 770. The number of ether oxygens (including phenoxy) is 1. The van der Waals surface area contributed by atoms with Gasteiger partial charge in [-0.25, -0.2) is 4.79 Å². The molecule has 31 heavy (non-hydrogen) atoms. The smallest absolute Gasteiger partial charge is 0.408 e. The second kappa shape index (κ2) is 13.7. The van der Waals surface area contributed by atoms with Gasteiger partial charge in [-0.05, 0) is 37.8 Å². The van der Waals surface area contributed by atoms with E-state index in [1.54, 1.807) is 30.3 Å². The van der Waals surface area contributed by atoms with Crippen LogP contribution in [-0.2, 0) is 30.5 Å². The Morgan fingerprint density at radius 1 is 0.968 bits per heavy atom. The summed E-state index contributed by atoms with van der Waals surface area (Å²) in [6.45, 7) is 0.309. The molecule has 1 aromatic rings. The molecular weight excluding hydrogens is 408 g/mol. The number of ketones is 1. The van der Waals surface area contributed by atoms with Gasteiger partial charge in [-0.3, -0.25) is 19.2 Å². The normalized spacial score (nSPS) is 12.3. The maximum atomic E-state index is 12.6. The summed E-state index contributed by atoms with van der Waals surface area (Å²) in [5.41, 5.74) is 11.2. The van der Waals surface area contributed by atoms with E-state index in [1.807, 2.05) is 0 Å². The van der Waals surface area contributed by atoms with Crippen LogP contribution in [0.2, 0.25) is 0 Å². The number of carbonyl (C=O) groups excluding carboxylic acids is 4. The van der Waals surface area contributed by atoms with Crippen LogP contribution in [-0.4, -0.2) is 53.4 Å². The van der Waals surface area contributed by atoms with Crippen LogP contribution < -0.4 is 22.1 Å². The highest BCUT2D eigenvalue weighted by Gasteiger charge is 2.29. The van der Waals surface area contributed by atoms with Crippen molar-refractivity contribution < 1.29 is 33.8 Å². The molecule has 0 spiro atoms. The Kier molecular flexibility index (Phi) is 11.3. The van der Waals surface area contributed by atoms with Gasteiger partial charge in [0.1, 0.15) is 12.6 Å². The van der Waals surface area contributed by atoms with Crippen LogP contribution in [0.25, 0.3) is 0 Å². The largest absolute Gasteiger partial charge is 0.481 e. The van der Waals surface area contributed by atoms with E-state index in [0.29, 0.717) is 19.4 Å². The zero-order chi connectivity index (χ0) is 23.2. The number of hydrogen-bond acceptors (Lipinski definition) is 7. The quantitative estimate of drug-likeness (QED) is 0.196. The zero-order valence-corrected chi connectivity index (χ0v) is 17.0. The number of nitrogens with one attached hydrogen (secondary N) is 2. The number of unbranched alkanes of at least 4 members (excludes halogenated alkanes) is 1. The van der Waals surface area contributed by atoms with Crippen molar-refractivity contribution in [1.29, 1.82) is 0 Å². The molecule has 0 fully saturated rings. The molecule has 3 amide bonds. The number of carboxylic acids is 1. The summed E-state index contributed by atoms with van der Waals surface area (Å²) < 4.78 is 5.05. The van der Waals surface area contributed by atoms with Crippen LogP contribution in [0.4, 0.5) is 4.79 Å². The van der Waals surface area contributed by atoms with Crippen molar-refractivity contribution in [3.8, 4) is 0 Å². The first-order chi connectivity index (χ1) is 14.7. The number of primary amides is 1. The summed E-state index contributed by atoms with van der Waals surface area (Å²) >= 11 is 0. The minimum absolute atomic E-state index is 0.0538. The fraction of sp³-hybridized carbons (Fsp3) is 0.450. The molecule has 1 aromatic carbocycles. The summed E-state index contributed by atoms with van der Waals surface area (Å²) in [4.78, 5) is 58.9. The molecule has 0 unspecified atom stereocenters. The lowest BCUT2D eigenvalue weighted by Gasteiger charge is -2.22. The number of nitrogens with two attached hydrogens (primary N) is 2. The van der Waals surface area contributed by atoms with Crippen molar-refractivity contribution >= 4 is 29.7 Å². The predicted octanol–water partition coefficient (Wildman–Crippen LogP) is -0.186. The number of carboxylic acid groups (broad SMARTS) is 1. The van der Waals surface area contributed by atoms with Gasteiger partial charge in [-0.1, -0.05) is 30.3 Å². The predicted molar refractivity (Wildman–Crippen MR) is 109 cm³/mol. The molecule has 0 heterocycles. The molecule has 2 atom stereocenters. The fourth-order valence-corrected chi connectivity index (χ4v) is 2.65. The van der Waals surface area contributed by atoms with Gasteiger partial charge in [-0.2, -0.15) is 0 Å². The lowest BCUT2D eigenvalue weighted by atomic mass is 10.0. The van der Waals surface area contributed by atoms with E-state index in [0.717, 1.165) is 5.56 Å². The maximum absolute atomic E-state index is 12.6. The summed E-state index contributed by atoms with van der Waals surface area (Å²) in [6, 6.07) is 6.31. The van der Waals surface area contributed by atoms with E-state index in [1.165, 1.54) is 0 Å². The number of amides is 3. The minimum Gasteiger partial charge on any atom is -0.481 e. The monoisotopic (exact) mass is 436 g/mol. The molecule has 0 radical (unpaired) electrons. The van der Waals surface area contributed by atoms with E-state index in [4.69, 9.17) is 21.3 Å². The summed E-state index contributed by atoms with van der Waals surface area (Å²) in [5.74, 6) is -4.21. The van der Waals surface area contributed by atoms with Crippen LogP contribution in [0.15, 0.2) is 30.3 Å². The van der Waals surface area contributed by atoms with Gasteiger partial charge in [0, 0.05) is 6.42 Å². The highest BCUT2D eigenvalue weighted by molar-refractivity contribution is 6.37. The number of aliphatic carboxylic acids is 1. The molecule has 0 aliphatic carbocycles. The summed E-state index contributed by atoms with van der Waals surface area (Å²) in [5, 5.41) is 13.6. The number of alkyl carbamates (subject to hydrolysis) is 1. The van der Waals surface area contributed by atoms with Crippen molar-refractivity contribution in [3.63, 3.8) is 0 Å². The highest BCUT2D eigenvalue weighted by atomic mass is 16.5. The third-order valence-corrected chi connectivity index (χ3v) is 4.29. The Morgan fingerprint density at radius 3 is 2.23 bits per heavy atom. The molecule has 0 aromatic heterocycles. The first kappa shape index (κ1) is 25.6. The molecule has 7 N–H and O–H groups in total. The van der Waals surface area contributed by atoms with Crippen LogP contribution >= 0.6 is 0 Å². The molecule has 0 aliphatic rings. The maximum Gasteiger partial charge on any atom is 0.408 e. The summed E-state index contributed by atoms with van der Waals surface area (Å²) in [6.07, 6.45) is -0.470. The second-order valence-corrected chi connectivity index (χ2v) is 6.77. The van der Waals surface area contributed by atoms with Gasteiger partial charge in [0.2, 0.25) is 11.7 Å². The molecule has 0 saturated heterocycles. The Hall–Kier alpha value is -3.47. The van der Waals surface area contributed by atoms with E-state index in [9.17, 15) is 24.0 Å². The fourth-order valence-electron chi connectivity index (χ4n) is 2.65. The van der Waals surface area contributed by atoms with E-state index >= 15 is 0 Å². The van der Waals surface area contributed by atoms with Gasteiger partial charge < -0.3 is 31.9 Å². The molecule has 0 bridgehead atoms. The number of Topliss-reactive ketones (excluding diaryl/α,β-unsaturated/α-hetero) is 1. The molecule has 11 nitrogen and oxygen atoms in total. The molecule has 11 heteroatoms. The molecule has 1 rings (SSSR count). The van der Waals surface area contributed by atoms with Crippen molar-refractivity contribution in [3.05, 3.63) is 35.9 Å². The van der Waals surface area contributed by atoms with E-state index in [-0.39, 0.29) is 19.4 Å². The van der Waals surface area contributed by atoms with Crippen LogP contribution in [0.1, 0.15) is 37.7 Å². The molecule has 170 valence electrons. The van der Waals surface area contributed by atoms with E-state index in [2.05, 4.69) is 10.6 Å². The highest BCUT2D eigenvalue weighted by Crippen LogP contribution is 2.06. The van der Waals surface area contributed by atoms with Crippen LogP contribution in [0.3, 0.4) is 0 Å². The van der Waals surface area contributed by atoms with Gasteiger partial charge in [0.25, 0.3) is 5.91 Å². The van der Waals surface area contributed by atoms with Crippen molar-refractivity contribution in [2.24, 2.45) is 11.5 Å². The SMILES string of the molecule is NCCCC[C@H](NC(=O)[C@H](CCC(=O)O)NC(=O)OCc1ccccc1)C(=O)C(N)=O. The van der Waals surface area contributed by atoms with Crippen molar-refractivity contribution in [1.82, 2.24) is 10.6 Å². The minimum atomic E-state index is -1.29. The van der Waals surface area contributed by atoms with Gasteiger partial charge >= 0.3 is 12.1 Å². The molecular formula is C20H28N4O7. The van der Waals surface area contributed by atoms with Crippen LogP contribution in [0.5, 0.6) is 0 Å². The lowest BCUT2D eigenvalue weighted by molar-refractivity contribution is -0.139. The first-order valence-electron chi connectivity index (χ1n) is 9.77. The average molecular weight is 436 g/mol. The van der Waals surface area contributed by atoms with E-state index < -0.39 is 48.2 Å². The summed E-state index contributed by atoms with van der Waals surface area (Å²) in [7, 11) is 0. The number of rotatable bonds is 14. The third kappa shape index (κ3) is 10.2. The third-order valence-electron chi connectivity index (χ3n) is 4.29. The second-order valence-electron chi connectivity index (χ2n) is 6.77. The van der Waals surface area contributed by atoms with Crippen molar-refractivity contribution in [2.75, 3.05) is 6.54 Å². The Balaban J connectivity index is 2.79. The number of benzene rings is 1.